The Labute approximate surface area is 282 Å². The molecule has 3 aliphatic heterocycles. The summed E-state index contributed by atoms with van der Waals surface area (Å²) in [5, 5.41) is 11.9. The number of amides is 5. The maximum absolute atomic E-state index is 15.3. The van der Waals surface area contributed by atoms with Crippen molar-refractivity contribution < 1.29 is 47.7 Å². The zero-order valence-electron chi connectivity index (χ0n) is 27.6. The number of fused-ring (bicyclic) bond motifs is 1. The predicted molar refractivity (Wildman–Crippen MR) is 171 cm³/mol. The van der Waals surface area contributed by atoms with Crippen molar-refractivity contribution in [1.82, 2.24) is 29.9 Å². The van der Waals surface area contributed by atoms with Crippen molar-refractivity contribution in [2.75, 3.05) is 59.0 Å². The monoisotopic (exact) mass is 684 g/mol. The number of nitrogens with zero attached hydrogens (tertiary/aromatic N) is 5. The molecule has 2 unspecified atom stereocenters. The van der Waals surface area contributed by atoms with Gasteiger partial charge in [0.25, 0.3) is 11.8 Å². The van der Waals surface area contributed by atoms with E-state index in [1.54, 1.807) is 18.7 Å². The second kappa shape index (κ2) is 15.5. The van der Waals surface area contributed by atoms with Gasteiger partial charge in [-0.05, 0) is 57.2 Å². The summed E-state index contributed by atoms with van der Waals surface area (Å²) in [7, 11) is 0. The van der Waals surface area contributed by atoms with Crippen molar-refractivity contribution in [3.8, 4) is 5.75 Å². The molecular formula is C33H41FN6O9. The first-order chi connectivity index (χ1) is 23.5. The predicted octanol–water partition coefficient (Wildman–Crippen LogP) is 1.55. The fourth-order valence-corrected chi connectivity index (χ4v) is 6.49. The van der Waals surface area contributed by atoms with Gasteiger partial charge in [-0.15, -0.1) is 0 Å². The summed E-state index contributed by atoms with van der Waals surface area (Å²) < 4.78 is 26.1. The van der Waals surface area contributed by atoms with Crippen molar-refractivity contribution in [2.45, 2.75) is 58.0 Å². The van der Waals surface area contributed by atoms with Gasteiger partial charge in [0.2, 0.25) is 11.8 Å². The maximum atomic E-state index is 15.3. The van der Waals surface area contributed by atoms with E-state index in [-0.39, 0.29) is 61.0 Å². The maximum Gasteiger partial charge on any atom is 0.409 e. The van der Waals surface area contributed by atoms with Gasteiger partial charge in [-0.25, -0.2) is 14.2 Å². The number of nitrogens with one attached hydrogen (secondary N) is 1. The van der Waals surface area contributed by atoms with Crippen LogP contribution in [0.3, 0.4) is 0 Å². The summed E-state index contributed by atoms with van der Waals surface area (Å²) in [4.78, 5) is 87.4. The van der Waals surface area contributed by atoms with E-state index in [4.69, 9.17) is 9.47 Å². The number of likely N-dealkylation sites (tertiary alicyclic amines) is 2. The Morgan fingerprint density at radius 3 is 2.33 bits per heavy atom. The van der Waals surface area contributed by atoms with Gasteiger partial charge in [0.05, 0.1) is 23.9 Å². The van der Waals surface area contributed by atoms with Crippen LogP contribution in [0.25, 0.3) is 10.9 Å². The number of hydrogen-bond acceptors (Lipinski definition) is 9. The standard InChI is InChI=1S/C33H41FN6O9/c1-3-48-33(47)39-13-11-38(12-14-39)31(45)24(18-28(42)43)36-30(44)23-17-26(29-21(34)15-20(2)16-22(29)35-23)49-19-27(41)40-10-6-7-25(40)32(46)37-8-4-5-9-37/h15-17,24-25H,3-14,18-19H2,1-2H3,(H,36,44)(H,42,43). The third-order valence-electron chi connectivity index (χ3n) is 8.93. The summed E-state index contributed by atoms with van der Waals surface area (Å²) in [6.45, 7) is 5.20. The zero-order valence-corrected chi connectivity index (χ0v) is 27.6. The Morgan fingerprint density at radius 1 is 0.959 bits per heavy atom. The minimum absolute atomic E-state index is 0.0482. The number of benzene rings is 1. The Kier molecular flexibility index (Phi) is 11.1. The van der Waals surface area contributed by atoms with Gasteiger partial charge in [-0.3, -0.25) is 24.0 Å². The lowest BCUT2D eigenvalue weighted by molar-refractivity contribution is -0.144. The average molecular weight is 685 g/mol. The molecule has 1 aromatic heterocycles. The molecule has 4 heterocycles. The lowest BCUT2D eigenvalue weighted by atomic mass is 10.1. The van der Waals surface area contributed by atoms with Crippen LogP contribution in [0.4, 0.5) is 9.18 Å². The summed E-state index contributed by atoms with van der Waals surface area (Å²) in [6.07, 6.45) is 1.79. The van der Waals surface area contributed by atoms with Crippen molar-refractivity contribution in [3.63, 3.8) is 0 Å². The highest BCUT2D eigenvalue weighted by atomic mass is 19.1. The Hall–Kier alpha value is -5.02. The van der Waals surface area contributed by atoms with E-state index in [9.17, 15) is 33.9 Å². The number of carboxylic acids is 1. The van der Waals surface area contributed by atoms with Gasteiger partial charge in [0.1, 0.15) is 29.3 Å². The van der Waals surface area contributed by atoms with Crippen molar-refractivity contribution in [1.29, 1.82) is 0 Å². The second-order valence-corrected chi connectivity index (χ2v) is 12.3. The molecule has 0 radical (unpaired) electrons. The molecule has 0 aliphatic carbocycles. The number of aromatic nitrogens is 1. The molecule has 1 aromatic carbocycles. The molecular weight excluding hydrogens is 643 g/mol. The Balaban J connectivity index is 1.33. The van der Waals surface area contributed by atoms with E-state index in [1.807, 2.05) is 0 Å². The van der Waals surface area contributed by atoms with E-state index in [2.05, 4.69) is 10.3 Å². The number of ether oxygens (including phenoxy) is 2. The number of aliphatic carboxylic acids is 1. The molecule has 2 aromatic rings. The van der Waals surface area contributed by atoms with Crippen LogP contribution in [0.5, 0.6) is 5.75 Å². The quantitative estimate of drug-likeness (QED) is 0.373. The van der Waals surface area contributed by atoms with Crippen molar-refractivity contribution >= 4 is 46.6 Å². The van der Waals surface area contributed by atoms with E-state index < -0.39 is 60.7 Å². The molecule has 2 N–H and O–H groups in total. The van der Waals surface area contributed by atoms with Crippen LogP contribution in [0.1, 0.15) is 55.1 Å². The van der Waals surface area contributed by atoms with Crippen molar-refractivity contribution in [3.05, 3.63) is 35.3 Å². The van der Waals surface area contributed by atoms with Gasteiger partial charge in [0.15, 0.2) is 6.61 Å². The summed E-state index contributed by atoms with van der Waals surface area (Å²) in [5.74, 6) is -4.31. The third-order valence-corrected chi connectivity index (χ3v) is 8.93. The molecule has 49 heavy (non-hydrogen) atoms. The number of piperazine rings is 1. The fraction of sp³-hybridized carbons (Fsp3) is 0.545. The van der Waals surface area contributed by atoms with Gasteiger partial charge >= 0.3 is 12.1 Å². The second-order valence-electron chi connectivity index (χ2n) is 12.3. The minimum Gasteiger partial charge on any atom is -0.483 e. The highest BCUT2D eigenvalue weighted by Crippen LogP contribution is 2.30. The number of aryl methyl sites for hydroxylation is 1. The zero-order chi connectivity index (χ0) is 35.2. The van der Waals surface area contributed by atoms with Gasteiger partial charge in [-0.2, -0.15) is 0 Å². The Bertz CT molecular complexity index is 1620. The first kappa shape index (κ1) is 35.3. The number of rotatable bonds is 10. The number of hydrogen-bond donors (Lipinski definition) is 2. The molecule has 3 fully saturated rings. The molecule has 0 saturated carbocycles. The third kappa shape index (κ3) is 8.17. The number of carbonyl (C=O) groups is 6. The van der Waals surface area contributed by atoms with Crippen LogP contribution >= 0.6 is 0 Å². The summed E-state index contributed by atoms with van der Waals surface area (Å²) >= 11 is 0. The molecule has 16 heteroatoms. The van der Waals surface area contributed by atoms with E-state index >= 15 is 4.39 Å². The lowest BCUT2D eigenvalue weighted by Crippen LogP contribution is -2.56. The van der Waals surface area contributed by atoms with E-state index in [1.165, 1.54) is 26.8 Å². The van der Waals surface area contributed by atoms with E-state index in [0.717, 1.165) is 18.9 Å². The number of halogens is 1. The molecule has 5 amide bonds. The van der Waals surface area contributed by atoms with Gasteiger partial charge in [-0.1, -0.05) is 0 Å². The minimum atomic E-state index is -1.47. The first-order valence-electron chi connectivity index (χ1n) is 16.5. The van der Waals surface area contributed by atoms with Crippen molar-refractivity contribution in [2.24, 2.45) is 0 Å². The number of pyridine rings is 1. The lowest BCUT2D eigenvalue weighted by Gasteiger charge is -2.35. The molecule has 3 saturated heterocycles. The topological polar surface area (TPSA) is 179 Å². The molecule has 15 nitrogen and oxygen atoms in total. The molecule has 5 rings (SSSR count). The van der Waals surface area contributed by atoms with Crippen LogP contribution in [0, 0.1) is 12.7 Å². The van der Waals surface area contributed by atoms with Gasteiger partial charge in [0, 0.05) is 51.9 Å². The van der Waals surface area contributed by atoms with Crippen LogP contribution in [-0.2, 0) is 23.9 Å². The largest absolute Gasteiger partial charge is 0.483 e. The molecule has 2 atom stereocenters. The number of carboxylic acid groups (broad SMARTS) is 1. The molecule has 3 aliphatic rings. The first-order valence-corrected chi connectivity index (χ1v) is 16.5. The normalized spacial score (nSPS) is 18.4. The average Bonchev–Trinajstić information content (AvgIpc) is 3.79. The fourth-order valence-electron chi connectivity index (χ4n) is 6.49. The Morgan fingerprint density at radius 2 is 1.65 bits per heavy atom. The highest BCUT2D eigenvalue weighted by Gasteiger charge is 2.38. The molecule has 264 valence electrons. The molecule has 0 spiro atoms. The molecule has 0 bridgehead atoms. The smallest absolute Gasteiger partial charge is 0.409 e. The van der Waals surface area contributed by atoms with Crippen LogP contribution in [0.2, 0.25) is 0 Å². The summed E-state index contributed by atoms with van der Waals surface area (Å²) in [6, 6.07) is 1.85. The SMILES string of the molecule is CCOC(=O)N1CCN(C(=O)C(CC(=O)O)NC(=O)c2cc(OCC(=O)N3CCCC3C(=O)N3CCCC3)c3c(F)cc(C)cc3n2)CC1. The van der Waals surface area contributed by atoms with Crippen LogP contribution in [-0.4, -0.2) is 136 Å². The van der Waals surface area contributed by atoms with Gasteiger partial charge < -0.3 is 39.5 Å². The summed E-state index contributed by atoms with van der Waals surface area (Å²) in [5.41, 5.74) is 0.254. The van der Waals surface area contributed by atoms with Crippen LogP contribution in [0.15, 0.2) is 18.2 Å². The number of carbonyl (C=O) groups excluding carboxylic acids is 5. The van der Waals surface area contributed by atoms with Crippen LogP contribution < -0.4 is 10.1 Å². The highest BCUT2D eigenvalue weighted by molar-refractivity contribution is 6.00. The van der Waals surface area contributed by atoms with E-state index in [0.29, 0.717) is 38.0 Å².